The SMILES string of the molecule is CCN(Cc1ccc(Cl)c(Cl)c1)C(=O)[C@H]1CSCN1. The average molecular weight is 319 g/mol. The van der Waals surface area contributed by atoms with Crippen molar-refractivity contribution in [2.24, 2.45) is 0 Å². The summed E-state index contributed by atoms with van der Waals surface area (Å²) in [4.78, 5) is 14.2. The number of nitrogens with zero attached hydrogens (tertiary/aromatic N) is 1. The van der Waals surface area contributed by atoms with E-state index in [0.717, 1.165) is 17.2 Å². The fourth-order valence-corrected chi connectivity index (χ4v) is 3.23. The first-order chi connectivity index (χ1) is 9.11. The molecule has 1 N–H and O–H groups in total. The minimum atomic E-state index is -0.0623. The van der Waals surface area contributed by atoms with Gasteiger partial charge in [-0.2, -0.15) is 0 Å². The van der Waals surface area contributed by atoms with E-state index in [9.17, 15) is 4.79 Å². The molecule has 2 rings (SSSR count). The van der Waals surface area contributed by atoms with Crippen molar-refractivity contribution in [1.82, 2.24) is 10.2 Å². The third-order valence-corrected chi connectivity index (χ3v) is 4.74. The zero-order valence-electron chi connectivity index (χ0n) is 10.7. The van der Waals surface area contributed by atoms with E-state index in [-0.39, 0.29) is 11.9 Å². The maximum absolute atomic E-state index is 12.3. The third kappa shape index (κ3) is 3.78. The van der Waals surface area contributed by atoms with Gasteiger partial charge in [-0.05, 0) is 24.6 Å². The molecule has 1 saturated heterocycles. The zero-order valence-corrected chi connectivity index (χ0v) is 13.0. The van der Waals surface area contributed by atoms with Crippen LogP contribution >= 0.6 is 35.0 Å². The second kappa shape index (κ2) is 6.84. The van der Waals surface area contributed by atoms with Crippen molar-refractivity contribution in [1.29, 1.82) is 0 Å². The van der Waals surface area contributed by atoms with E-state index in [1.807, 2.05) is 24.0 Å². The van der Waals surface area contributed by atoms with Gasteiger partial charge in [0.15, 0.2) is 0 Å². The van der Waals surface area contributed by atoms with Crippen LogP contribution in [-0.2, 0) is 11.3 Å². The highest BCUT2D eigenvalue weighted by atomic mass is 35.5. The lowest BCUT2D eigenvalue weighted by molar-refractivity contribution is -0.133. The van der Waals surface area contributed by atoms with Crippen molar-refractivity contribution in [2.45, 2.75) is 19.5 Å². The highest BCUT2D eigenvalue weighted by Gasteiger charge is 2.26. The molecular weight excluding hydrogens is 303 g/mol. The monoisotopic (exact) mass is 318 g/mol. The second-order valence-electron chi connectivity index (χ2n) is 4.37. The maximum Gasteiger partial charge on any atom is 0.240 e. The molecule has 104 valence electrons. The van der Waals surface area contributed by atoms with Gasteiger partial charge in [0.25, 0.3) is 0 Å². The fraction of sp³-hybridized carbons (Fsp3) is 0.462. The molecule has 0 spiro atoms. The smallest absolute Gasteiger partial charge is 0.240 e. The molecule has 1 aliphatic heterocycles. The van der Waals surface area contributed by atoms with Crippen LogP contribution < -0.4 is 5.32 Å². The van der Waals surface area contributed by atoms with Gasteiger partial charge in [0.05, 0.1) is 16.1 Å². The Bertz CT molecular complexity index is 464. The van der Waals surface area contributed by atoms with Crippen molar-refractivity contribution in [3.8, 4) is 0 Å². The van der Waals surface area contributed by atoms with Gasteiger partial charge >= 0.3 is 0 Å². The maximum atomic E-state index is 12.3. The number of thioether (sulfide) groups is 1. The summed E-state index contributed by atoms with van der Waals surface area (Å²) in [5, 5.41) is 4.26. The Kier molecular flexibility index (Phi) is 5.39. The predicted molar refractivity (Wildman–Crippen MR) is 81.8 cm³/mol. The van der Waals surface area contributed by atoms with E-state index in [1.54, 1.807) is 17.8 Å². The fourth-order valence-electron chi connectivity index (χ4n) is 1.98. The number of carbonyl (C=O) groups is 1. The first-order valence-electron chi connectivity index (χ1n) is 6.15. The molecule has 1 aromatic rings. The number of amides is 1. The Morgan fingerprint density at radius 2 is 2.26 bits per heavy atom. The molecular formula is C13H16Cl2N2OS. The van der Waals surface area contributed by atoms with E-state index in [4.69, 9.17) is 23.2 Å². The summed E-state index contributed by atoms with van der Waals surface area (Å²) in [5.74, 6) is 1.84. The number of benzene rings is 1. The minimum absolute atomic E-state index is 0.0623. The van der Waals surface area contributed by atoms with E-state index in [0.29, 0.717) is 23.1 Å². The number of rotatable bonds is 4. The molecule has 0 saturated carbocycles. The molecule has 0 unspecified atom stereocenters. The highest BCUT2D eigenvalue weighted by Crippen LogP contribution is 2.23. The number of nitrogens with one attached hydrogen (secondary N) is 1. The van der Waals surface area contributed by atoms with Gasteiger partial charge in [0.2, 0.25) is 5.91 Å². The number of likely N-dealkylation sites (N-methyl/N-ethyl adjacent to an activating group) is 1. The molecule has 1 atom stereocenters. The highest BCUT2D eigenvalue weighted by molar-refractivity contribution is 7.99. The average Bonchev–Trinajstić information content (AvgIpc) is 2.93. The lowest BCUT2D eigenvalue weighted by Gasteiger charge is -2.24. The largest absolute Gasteiger partial charge is 0.337 e. The Morgan fingerprint density at radius 1 is 1.47 bits per heavy atom. The predicted octanol–water partition coefficient (Wildman–Crippen LogP) is 3.00. The third-order valence-electron chi connectivity index (χ3n) is 3.07. The lowest BCUT2D eigenvalue weighted by Crippen LogP contribution is -2.44. The van der Waals surface area contributed by atoms with E-state index in [2.05, 4.69) is 5.32 Å². The summed E-state index contributed by atoms with van der Waals surface area (Å²) in [6, 6.07) is 5.42. The first-order valence-corrected chi connectivity index (χ1v) is 8.06. The molecule has 19 heavy (non-hydrogen) atoms. The molecule has 0 bridgehead atoms. The number of hydrogen-bond acceptors (Lipinski definition) is 3. The number of halogens is 2. The zero-order chi connectivity index (χ0) is 13.8. The van der Waals surface area contributed by atoms with Crippen molar-refractivity contribution >= 4 is 40.9 Å². The van der Waals surface area contributed by atoms with Gasteiger partial charge in [-0.15, -0.1) is 11.8 Å². The van der Waals surface area contributed by atoms with Crippen LogP contribution in [0.1, 0.15) is 12.5 Å². The summed E-state index contributed by atoms with van der Waals surface area (Å²) >= 11 is 13.6. The molecule has 1 aliphatic rings. The Hall–Kier alpha value is -0.420. The number of carbonyl (C=O) groups excluding carboxylic acids is 1. The summed E-state index contributed by atoms with van der Waals surface area (Å²) in [6.07, 6.45) is 0. The summed E-state index contributed by atoms with van der Waals surface area (Å²) in [7, 11) is 0. The second-order valence-corrected chi connectivity index (χ2v) is 6.22. The van der Waals surface area contributed by atoms with Gasteiger partial charge < -0.3 is 4.90 Å². The van der Waals surface area contributed by atoms with Crippen LogP contribution in [0.4, 0.5) is 0 Å². The van der Waals surface area contributed by atoms with E-state index < -0.39 is 0 Å². The van der Waals surface area contributed by atoms with Gasteiger partial charge in [-0.3, -0.25) is 10.1 Å². The van der Waals surface area contributed by atoms with E-state index >= 15 is 0 Å². The minimum Gasteiger partial charge on any atom is -0.337 e. The summed E-state index contributed by atoms with van der Waals surface area (Å²) < 4.78 is 0. The van der Waals surface area contributed by atoms with Crippen LogP contribution in [0.15, 0.2) is 18.2 Å². The first kappa shape index (κ1) is 15.0. The van der Waals surface area contributed by atoms with Crippen molar-refractivity contribution in [2.75, 3.05) is 18.2 Å². The molecule has 1 aromatic carbocycles. The quantitative estimate of drug-likeness (QED) is 0.926. The molecule has 0 aromatic heterocycles. The van der Waals surface area contributed by atoms with Gasteiger partial charge in [0, 0.05) is 24.7 Å². The van der Waals surface area contributed by atoms with Crippen LogP contribution in [0.3, 0.4) is 0 Å². The van der Waals surface area contributed by atoms with Crippen LogP contribution in [0.5, 0.6) is 0 Å². The molecule has 1 heterocycles. The van der Waals surface area contributed by atoms with Crippen LogP contribution in [0.2, 0.25) is 10.0 Å². The van der Waals surface area contributed by atoms with Crippen molar-refractivity contribution < 1.29 is 4.79 Å². The number of hydrogen-bond donors (Lipinski definition) is 1. The molecule has 3 nitrogen and oxygen atoms in total. The Morgan fingerprint density at radius 3 is 2.84 bits per heavy atom. The Balaban J connectivity index is 2.05. The van der Waals surface area contributed by atoms with Gasteiger partial charge in [0.1, 0.15) is 0 Å². The summed E-state index contributed by atoms with van der Waals surface area (Å²) in [6.45, 7) is 3.23. The van der Waals surface area contributed by atoms with Crippen LogP contribution in [0.25, 0.3) is 0 Å². The molecule has 0 radical (unpaired) electrons. The lowest BCUT2D eigenvalue weighted by atomic mass is 10.2. The Labute approximate surface area is 127 Å². The molecule has 1 amide bonds. The normalized spacial score (nSPS) is 18.6. The standard InChI is InChI=1S/C13H16Cl2N2OS/c1-2-17(13(18)12-7-19-8-16-12)6-9-3-4-10(14)11(15)5-9/h3-5,12,16H,2,6-8H2,1H3/t12-/m1/s1. The van der Waals surface area contributed by atoms with Crippen LogP contribution in [0, 0.1) is 0 Å². The molecule has 0 aliphatic carbocycles. The van der Waals surface area contributed by atoms with Crippen molar-refractivity contribution in [3.63, 3.8) is 0 Å². The topological polar surface area (TPSA) is 32.3 Å². The van der Waals surface area contributed by atoms with Crippen LogP contribution in [-0.4, -0.2) is 35.0 Å². The van der Waals surface area contributed by atoms with Gasteiger partial charge in [-0.1, -0.05) is 29.3 Å². The molecule has 1 fully saturated rings. The molecule has 6 heteroatoms. The summed E-state index contributed by atoms with van der Waals surface area (Å²) in [5.41, 5.74) is 0.996. The van der Waals surface area contributed by atoms with Crippen molar-refractivity contribution in [3.05, 3.63) is 33.8 Å². The van der Waals surface area contributed by atoms with Gasteiger partial charge in [-0.25, -0.2) is 0 Å². The van der Waals surface area contributed by atoms with E-state index in [1.165, 1.54) is 0 Å².